The summed E-state index contributed by atoms with van der Waals surface area (Å²) in [7, 11) is 0. The molecule has 4 rings (SSSR count). The summed E-state index contributed by atoms with van der Waals surface area (Å²) in [5.41, 5.74) is 1.69. The van der Waals surface area contributed by atoms with E-state index in [4.69, 9.17) is 0 Å². The number of carbonyl (C=O) groups is 2. The van der Waals surface area contributed by atoms with Crippen LogP contribution in [0.5, 0.6) is 0 Å². The fraction of sp³-hybridized carbons (Fsp3) is 0.310. The van der Waals surface area contributed by atoms with Crippen LogP contribution in [0.3, 0.4) is 0 Å². The second-order valence-electron chi connectivity index (χ2n) is 9.56. The van der Waals surface area contributed by atoms with E-state index in [1.165, 1.54) is 24.3 Å². The number of hydrogen-bond acceptors (Lipinski definition) is 3. The number of urea groups is 1. The molecule has 0 spiro atoms. The number of halogens is 4. The third-order valence-corrected chi connectivity index (χ3v) is 6.66. The number of anilines is 1. The van der Waals surface area contributed by atoms with E-state index in [-0.39, 0.29) is 17.4 Å². The van der Waals surface area contributed by atoms with Gasteiger partial charge in [-0.3, -0.25) is 9.69 Å². The Morgan fingerprint density at radius 1 is 0.923 bits per heavy atom. The zero-order chi connectivity index (χ0) is 28.0. The molecule has 1 aliphatic rings. The van der Waals surface area contributed by atoms with Crippen molar-refractivity contribution in [2.24, 2.45) is 0 Å². The molecule has 0 unspecified atom stereocenters. The molecule has 1 fully saturated rings. The monoisotopic (exact) mass is 542 g/mol. The predicted molar refractivity (Wildman–Crippen MR) is 141 cm³/mol. The van der Waals surface area contributed by atoms with Crippen LogP contribution in [0.15, 0.2) is 72.8 Å². The van der Waals surface area contributed by atoms with E-state index < -0.39 is 17.8 Å². The van der Waals surface area contributed by atoms with Gasteiger partial charge in [-0.15, -0.1) is 0 Å². The fourth-order valence-corrected chi connectivity index (χ4v) is 4.35. The Kier molecular flexibility index (Phi) is 8.86. The summed E-state index contributed by atoms with van der Waals surface area (Å²) in [6, 6.07) is 17.5. The van der Waals surface area contributed by atoms with Crippen molar-refractivity contribution in [3.05, 3.63) is 101 Å². The lowest BCUT2D eigenvalue weighted by Gasteiger charge is -2.36. The second-order valence-corrected chi connectivity index (χ2v) is 9.56. The summed E-state index contributed by atoms with van der Waals surface area (Å²) in [6.45, 7) is 5.18. The highest BCUT2D eigenvalue weighted by atomic mass is 19.4. The smallest absolute Gasteiger partial charge is 0.333 e. The number of nitrogens with zero attached hydrogens (tertiary/aromatic N) is 3. The molecule has 3 amide bonds. The minimum absolute atomic E-state index is 0.0864. The van der Waals surface area contributed by atoms with E-state index in [0.29, 0.717) is 51.4 Å². The standard InChI is InChI=1S/C29H30F4N4O2/c1-21-5-9-23(10-6-21)27(38)37(20-22-7-11-25(30)12-8-22)18-15-35-13-16-36(17-14-35)28(39)34-26-4-2-3-24(19-26)29(31,32)33/h2-12,19H,13-18,20H2,1H3,(H,34,39). The quantitative estimate of drug-likeness (QED) is 0.393. The van der Waals surface area contributed by atoms with Gasteiger partial charge in [0.2, 0.25) is 0 Å². The lowest BCUT2D eigenvalue weighted by molar-refractivity contribution is -0.137. The Morgan fingerprint density at radius 3 is 2.23 bits per heavy atom. The molecule has 0 atom stereocenters. The van der Waals surface area contributed by atoms with Crippen molar-refractivity contribution in [3.8, 4) is 0 Å². The van der Waals surface area contributed by atoms with Crippen molar-refractivity contribution in [2.75, 3.05) is 44.6 Å². The molecular formula is C29H30F4N4O2. The summed E-state index contributed by atoms with van der Waals surface area (Å²) < 4.78 is 52.3. The van der Waals surface area contributed by atoms with E-state index in [2.05, 4.69) is 10.2 Å². The van der Waals surface area contributed by atoms with Crippen molar-refractivity contribution >= 4 is 17.6 Å². The van der Waals surface area contributed by atoms with Crippen LogP contribution >= 0.6 is 0 Å². The van der Waals surface area contributed by atoms with Gasteiger partial charge in [0.05, 0.1) is 5.56 Å². The zero-order valence-corrected chi connectivity index (χ0v) is 21.5. The van der Waals surface area contributed by atoms with E-state index in [1.54, 1.807) is 34.1 Å². The molecule has 10 heteroatoms. The van der Waals surface area contributed by atoms with Crippen molar-refractivity contribution in [2.45, 2.75) is 19.6 Å². The molecule has 3 aromatic rings. The van der Waals surface area contributed by atoms with Crippen LogP contribution in [0.4, 0.5) is 28.0 Å². The highest BCUT2D eigenvalue weighted by molar-refractivity contribution is 5.94. The summed E-state index contributed by atoms with van der Waals surface area (Å²) >= 11 is 0. The third kappa shape index (κ3) is 7.79. The second kappa shape index (κ2) is 12.3. The molecule has 1 aliphatic heterocycles. The first-order chi connectivity index (χ1) is 18.6. The van der Waals surface area contributed by atoms with E-state index in [1.807, 2.05) is 19.1 Å². The largest absolute Gasteiger partial charge is 0.416 e. The number of rotatable bonds is 7. The Hall–Kier alpha value is -3.92. The minimum atomic E-state index is -4.49. The van der Waals surface area contributed by atoms with E-state index in [0.717, 1.165) is 23.3 Å². The number of carbonyl (C=O) groups excluding carboxylic acids is 2. The first-order valence-corrected chi connectivity index (χ1v) is 12.6. The van der Waals surface area contributed by atoms with Gasteiger partial charge in [-0.1, -0.05) is 35.9 Å². The predicted octanol–water partition coefficient (Wildman–Crippen LogP) is 5.65. The molecule has 1 heterocycles. The average Bonchev–Trinajstić information content (AvgIpc) is 2.92. The van der Waals surface area contributed by atoms with Crippen LogP contribution in [0.2, 0.25) is 0 Å². The Labute approximate surface area is 224 Å². The van der Waals surface area contributed by atoms with Crippen molar-refractivity contribution < 1.29 is 27.2 Å². The van der Waals surface area contributed by atoms with Crippen molar-refractivity contribution in [1.29, 1.82) is 0 Å². The first kappa shape index (κ1) is 28.1. The minimum Gasteiger partial charge on any atom is -0.333 e. The molecule has 0 bridgehead atoms. The molecule has 1 N–H and O–H groups in total. The number of benzene rings is 3. The van der Waals surface area contributed by atoms with Gasteiger partial charge in [-0.2, -0.15) is 13.2 Å². The molecule has 0 aromatic heterocycles. The lowest BCUT2D eigenvalue weighted by atomic mass is 10.1. The molecular weight excluding hydrogens is 512 g/mol. The molecule has 0 saturated carbocycles. The van der Waals surface area contributed by atoms with Crippen molar-refractivity contribution in [1.82, 2.24) is 14.7 Å². The number of amides is 3. The topological polar surface area (TPSA) is 55.9 Å². The van der Waals surface area contributed by atoms with Crippen LogP contribution in [0.25, 0.3) is 0 Å². The summed E-state index contributed by atoms with van der Waals surface area (Å²) in [4.78, 5) is 31.4. The lowest BCUT2D eigenvalue weighted by Crippen LogP contribution is -2.51. The highest BCUT2D eigenvalue weighted by Crippen LogP contribution is 2.30. The van der Waals surface area contributed by atoms with Gasteiger partial charge in [0.25, 0.3) is 5.91 Å². The number of nitrogens with one attached hydrogen (secondary N) is 1. The van der Waals surface area contributed by atoms with Gasteiger partial charge >= 0.3 is 12.2 Å². The first-order valence-electron chi connectivity index (χ1n) is 12.6. The van der Waals surface area contributed by atoms with Gasteiger partial charge in [-0.05, 0) is 55.0 Å². The van der Waals surface area contributed by atoms with E-state index >= 15 is 0 Å². The molecule has 0 aliphatic carbocycles. The van der Waals surface area contributed by atoms with Crippen molar-refractivity contribution in [3.63, 3.8) is 0 Å². The number of hydrogen-bond donors (Lipinski definition) is 1. The van der Waals surface area contributed by atoms with Gasteiger partial charge in [0, 0.05) is 57.1 Å². The van der Waals surface area contributed by atoms with Gasteiger partial charge in [-0.25, -0.2) is 9.18 Å². The van der Waals surface area contributed by atoms with Gasteiger partial charge < -0.3 is 15.1 Å². The summed E-state index contributed by atoms with van der Waals surface area (Å²) in [6.07, 6.45) is -4.49. The Morgan fingerprint density at radius 2 is 1.59 bits per heavy atom. The zero-order valence-electron chi connectivity index (χ0n) is 21.5. The normalized spacial score (nSPS) is 14.2. The van der Waals surface area contributed by atoms with Crippen LogP contribution < -0.4 is 5.32 Å². The molecule has 1 saturated heterocycles. The molecule has 6 nitrogen and oxygen atoms in total. The number of aryl methyl sites for hydroxylation is 1. The SMILES string of the molecule is Cc1ccc(C(=O)N(CCN2CCN(C(=O)Nc3cccc(C(F)(F)F)c3)CC2)Cc2ccc(F)cc2)cc1. The number of alkyl halides is 3. The molecule has 39 heavy (non-hydrogen) atoms. The average molecular weight is 543 g/mol. The molecule has 0 radical (unpaired) electrons. The summed E-state index contributed by atoms with van der Waals surface area (Å²) in [5.74, 6) is -0.469. The summed E-state index contributed by atoms with van der Waals surface area (Å²) in [5, 5.41) is 2.55. The Bertz CT molecular complexity index is 1270. The molecule has 3 aromatic carbocycles. The van der Waals surface area contributed by atoms with Crippen LogP contribution in [-0.4, -0.2) is 65.9 Å². The maximum Gasteiger partial charge on any atom is 0.416 e. The van der Waals surface area contributed by atoms with Crippen LogP contribution in [0, 0.1) is 12.7 Å². The molecule has 206 valence electrons. The van der Waals surface area contributed by atoms with E-state index in [9.17, 15) is 27.2 Å². The fourth-order valence-electron chi connectivity index (χ4n) is 4.35. The van der Waals surface area contributed by atoms with Gasteiger partial charge in [0.1, 0.15) is 5.82 Å². The van der Waals surface area contributed by atoms with Crippen LogP contribution in [0.1, 0.15) is 27.0 Å². The maximum absolute atomic E-state index is 13.4. The number of piperazine rings is 1. The third-order valence-electron chi connectivity index (χ3n) is 6.66. The highest BCUT2D eigenvalue weighted by Gasteiger charge is 2.31. The van der Waals surface area contributed by atoms with Gasteiger partial charge in [0.15, 0.2) is 0 Å². The van der Waals surface area contributed by atoms with Crippen LogP contribution in [-0.2, 0) is 12.7 Å². The Balaban J connectivity index is 1.33. The maximum atomic E-state index is 13.4.